The zero-order valence-electron chi connectivity index (χ0n) is 13.8. The predicted octanol–water partition coefficient (Wildman–Crippen LogP) is 2.83. The van der Waals surface area contributed by atoms with Crippen molar-refractivity contribution >= 4 is 17.7 Å². The normalized spacial score (nSPS) is 10.5. The van der Waals surface area contributed by atoms with Gasteiger partial charge in [-0.25, -0.2) is 4.79 Å². The molecule has 0 unspecified atom stereocenters. The van der Waals surface area contributed by atoms with Gasteiger partial charge in [-0.15, -0.1) is 10.2 Å². The van der Waals surface area contributed by atoms with Crippen molar-refractivity contribution in [3.05, 3.63) is 70.0 Å². The molecule has 0 aliphatic carbocycles. The number of aromatic nitrogens is 3. The molecule has 1 heterocycles. The molecular formula is C18H15N3O4S. The van der Waals surface area contributed by atoms with E-state index in [9.17, 15) is 14.7 Å². The van der Waals surface area contributed by atoms with Gasteiger partial charge in [-0.2, -0.15) is 0 Å². The number of ether oxygens (including phenoxy) is 1. The number of carbonyl (C=O) groups is 1. The van der Waals surface area contributed by atoms with Gasteiger partial charge in [0, 0.05) is 11.3 Å². The van der Waals surface area contributed by atoms with Crippen LogP contribution in [0.1, 0.15) is 15.9 Å². The van der Waals surface area contributed by atoms with Gasteiger partial charge in [-0.3, -0.25) is 9.78 Å². The van der Waals surface area contributed by atoms with E-state index in [-0.39, 0.29) is 16.8 Å². The van der Waals surface area contributed by atoms with Gasteiger partial charge in [-0.05, 0) is 35.9 Å². The Kier molecular flexibility index (Phi) is 5.33. The molecule has 0 amide bonds. The highest BCUT2D eigenvalue weighted by atomic mass is 32.2. The van der Waals surface area contributed by atoms with Gasteiger partial charge >= 0.3 is 5.97 Å². The summed E-state index contributed by atoms with van der Waals surface area (Å²) in [6, 6.07) is 13.6. The number of carboxylic acids is 1. The highest BCUT2D eigenvalue weighted by molar-refractivity contribution is 7.98. The topological polar surface area (TPSA) is 105 Å². The van der Waals surface area contributed by atoms with Gasteiger partial charge < -0.3 is 9.84 Å². The molecule has 0 fully saturated rings. The van der Waals surface area contributed by atoms with Crippen molar-refractivity contribution in [3.63, 3.8) is 0 Å². The van der Waals surface area contributed by atoms with E-state index in [4.69, 9.17) is 4.74 Å². The molecule has 0 saturated carbocycles. The molecule has 0 radical (unpaired) electrons. The number of carboxylic acid groups (broad SMARTS) is 1. The molecule has 3 aromatic rings. The zero-order valence-corrected chi connectivity index (χ0v) is 14.6. The maximum absolute atomic E-state index is 12.3. The second-order valence-corrected chi connectivity index (χ2v) is 6.25. The number of thioether (sulfide) groups is 1. The molecule has 1 aromatic heterocycles. The van der Waals surface area contributed by atoms with Gasteiger partial charge in [0.15, 0.2) is 10.9 Å². The third kappa shape index (κ3) is 3.92. The van der Waals surface area contributed by atoms with Crippen molar-refractivity contribution in [2.24, 2.45) is 0 Å². The number of aromatic carboxylic acids is 1. The average molecular weight is 369 g/mol. The van der Waals surface area contributed by atoms with E-state index in [1.807, 2.05) is 0 Å². The largest absolute Gasteiger partial charge is 0.497 e. The van der Waals surface area contributed by atoms with E-state index >= 15 is 0 Å². The van der Waals surface area contributed by atoms with Crippen LogP contribution in [0.25, 0.3) is 11.3 Å². The van der Waals surface area contributed by atoms with E-state index < -0.39 is 5.97 Å². The van der Waals surface area contributed by atoms with Crippen LogP contribution in [-0.4, -0.2) is 33.4 Å². The number of methoxy groups -OCH3 is 1. The molecule has 0 saturated heterocycles. The molecule has 0 aliphatic heterocycles. The minimum Gasteiger partial charge on any atom is -0.497 e. The van der Waals surface area contributed by atoms with Crippen LogP contribution >= 0.6 is 11.8 Å². The minimum absolute atomic E-state index is 0.211. The fourth-order valence-corrected chi connectivity index (χ4v) is 3.13. The van der Waals surface area contributed by atoms with Gasteiger partial charge in [-0.1, -0.05) is 30.0 Å². The van der Waals surface area contributed by atoms with Crippen molar-refractivity contribution in [1.82, 2.24) is 15.2 Å². The molecule has 8 heteroatoms. The maximum Gasteiger partial charge on any atom is 0.335 e. The van der Waals surface area contributed by atoms with Crippen LogP contribution in [-0.2, 0) is 5.75 Å². The third-order valence-electron chi connectivity index (χ3n) is 3.65. The second kappa shape index (κ2) is 7.83. The number of hydrogen-bond acceptors (Lipinski definition) is 6. The van der Waals surface area contributed by atoms with E-state index in [0.717, 1.165) is 0 Å². The smallest absolute Gasteiger partial charge is 0.335 e. The first-order valence-electron chi connectivity index (χ1n) is 7.64. The SMILES string of the molecule is COc1ccc(-c2nnc(SCc3ccccc3C(=O)O)[nH]c2=O)cc1. The summed E-state index contributed by atoms with van der Waals surface area (Å²) in [4.78, 5) is 26.2. The molecule has 26 heavy (non-hydrogen) atoms. The summed E-state index contributed by atoms with van der Waals surface area (Å²) >= 11 is 1.22. The van der Waals surface area contributed by atoms with Gasteiger partial charge in [0.25, 0.3) is 5.56 Å². The van der Waals surface area contributed by atoms with Crippen LogP contribution in [0.2, 0.25) is 0 Å². The fourth-order valence-electron chi connectivity index (χ4n) is 2.33. The van der Waals surface area contributed by atoms with Gasteiger partial charge in [0.1, 0.15) is 5.75 Å². The van der Waals surface area contributed by atoms with E-state index in [1.54, 1.807) is 55.6 Å². The highest BCUT2D eigenvalue weighted by Crippen LogP contribution is 2.22. The maximum atomic E-state index is 12.3. The molecule has 2 N–H and O–H groups in total. The molecular weight excluding hydrogens is 354 g/mol. The summed E-state index contributed by atoms with van der Waals surface area (Å²) in [5, 5.41) is 17.6. The minimum atomic E-state index is -0.990. The van der Waals surface area contributed by atoms with Crippen LogP contribution in [0.5, 0.6) is 5.75 Å². The first-order valence-corrected chi connectivity index (χ1v) is 8.62. The Morgan fingerprint density at radius 2 is 1.88 bits per heavy atom. The summed E-state index contributed by atoms with van der Waals surface area (Å²) in [7, 11) is 1.57. The molecule has 0 atom stereocenters. The molecule has 0 aliphatic rings. The van der Waals surface area contributed by atoms with Crippen molar-refractivity contribution in [3.8, 4) is 17.0 Å². The van der Waals surface area contributed by atoms with E-state index in [0.29, 0.717) is 27.8 Å². The Balaban J connectivity index is 1.78. The van der Waals surface area contributed by atoms with Crippen molar-refractivity contribution < 1.29 is 14.6 Å². The molecule has 3 rings (SSSR count). The quantitative estimate of drug-likeness (QED) is 0.644. The first kappa shape index (κ1) is 17.7. The number of hydrogen-bond donors (Lipinski definition) is 2. The van der Waals surface area contributed by atoms with Gasteiger partial charge in [0.2, 0.25) is 0 Å². The third-order valence-corrected chi connectivity index (χ3v) is 4.56. The van der Waals surface area contributed by atoms with Crippen LogP contribution in [0.3, 0.4) is 0 Å². The first-order chi connectivity index (χ1) is 12.6. The van der Waals surface area contributed by atoms with E-state index in [2.05, 4.69) is 15.2 Å². The lowest BCUT2D eigenvalue weighted by Gasteiger charge is -2.06. The Bertz CT molecular complexity index is 986. The van der Waals surface area contributed by atoms with Crippen LogP contribution in [0.4, 0.5) is 0 Å². The highest BCUT2D eigenvalue weighted by Gasteiger charge is 2.12. The number of rotatable bonds is 6. The van der Waals surface area contributed by atoms with Crippen LogP contribution in [0.15, 0.2) is 58.5 Å². The fraction of sp³-hybridized carbons (Fsp3) is 0.111. The average Bonchev–Trinajstić information content (AvgIpc) is 2.67. The Morgan fingerprint density at radius 1 is 1.15 bits per heavy atom. The lowest BCUT2D eigenvalue weighted by atomic mass is 10.1. The summed E-state index contributed by atoms with van der Waals surface area (Å²) in [5.74, 6) is 0.0488. The number of nitrogens with one attached hydrogen (secondary N) is 1. The van der Waals surface area contributed by atoms with Crippen molar-refractivity contribution in [1.29, 1.82) is 0 Å². The number of nitrogens with zero attached hydrogens (tertiary/aromatic N) is 2. The Hall–Kier alpha value is -3.13. The number of aromatic amines is 1. The van der Waals surface area contributed by atoms with Gasteiger partial charge in [0.05, 0.1) is 12.7 Å². The number of H-pyrrole nitrogens is 1. The molecule has 2 aromatic carbocycles. The molecule has 7 nitrogen and oxygen atoms in total. The second-order valence-electron chi connectivity index (χ2n) is 5.29. The predicted molar refractivity (Wildman–Crippen MR) is 97.6 cm³/mol. The van der Waals surface area contributed by atoms with Crippen LogP contribution in [0, 0.1) is 0 Å². The van der Waals surface area contributed by atoms with Crippen LogP contribution < -0.4 is 10.3 Å². The Labute approximate surface area is 153 Å². The summed E-state index contributed by atoms with van der Waals surface area (Å²) in [5.41, 5.74) is 1.35. The van der Waals surface area contributed by atoms with Crippen molar-refractivity contribution in [2.75, 3.05) is 7.11 Å². The molecule has 132 valence electrons. The lowest BCUT2D eigenvalue weighted by Crippen LogP contribution is -2.14. The summed E-state index contributed by atoms with van der Waals surface area (Å²) in [6.45, 7) is 0. The standard InChI is InChI=1S/C18H15N3O4S/c1-25-13-8-6-11(7-9-13)15-16(22)19-18(21-20-15)26-10-12-4-2-3-5-14(12)17(23)24/h2-9H,10H2,1H3,(H,23,24)(H,19,21,22). The monoisotopic (exact) mass is 369 g/mol. The Morgan fingerprint density at radius 3 is 2.54 bits per heavy atom. The molecule has 0 bridgehead atoms. The molecule has 0 spiro atoms. The van der Waals surface area contributed by atoms with E-state index in [1.165, 1.54) is 11.8 Å². The zero-order chi connectivity index (χ0) is 18.5. The summed E-state index contributed by atoms with van der Waals surface area (Å²) < 4.78 is 5.09. The number of benzene rings is 2. The van der Waals surface area contributed by atoms with Crippen molar-refractivity contribution in [2.45, 2.75) is 10.9 Å². The lowest BCUT2D eigenvalue weighted by molar-refractivity contribution is 0.0696. The summed E-state index contributed by atoms with van der Waals surface area (Å²) in [6.07, 6.45) is 0.